The summed E-state index contributed by atoms with van der Waals surface area (Å²) >= 11 is 0. The molecule has 1 aliphatic rings. The number of ether oxygens (including phenoxy) is 1. The van der Waals surface area contributed by atoms with Gasteiger partial charge in [0.2, 0.25) is 10.0 Å². The third-order valence-electron chi connectivity index (χ3n) is 2.95. The summed E-state index contributed by atoms with van der Waals surface area (Å²) in [5.41, 5.74) is 5.33. The largest absolute Gasteiger partial charge is 0.380 e. The van der Waals surface area contributed by atoms with Crippen molar-refractivity contribution >= 4 is 10.0 Å². The molecular formula is C10H22N2O3S. The summed E-state index contributed by atoms with van der Waals surface area (Å²) in [6, 6.07) is -0.0483. The highest BCUT2D eigenvalue weighted by Crippen LogP contribution is 2.22. The van der Waals surface area contributed by atoms with Crippen LogP contribution in [0.5, 0.6) is 0 Å². The first kappa shape index (κ1) is 13.9. The second kappa shape index (κ2) is 6.54. The molecule has 6 heteroatoms. The Bertz CT molecular complexity index is 292. The van der Waals surface area contributed by atoms with Crippen LogP contribution in [0.25, 0.3) is 0 Å². The van der Waals surface area contributed by atoms with Gasteiger partial charge in [0.1, 0.15) is 0 Å². The minimum Gasteiger partial charge on any atom is -0.380 e. The van der Waals surface area contributed by atoms with Gasteiger partial charge >= 0.3 is 0 Å². The monoisotopic (exact) mass is 250 g/mol. The molecule has 0 aliphatic heterocycles. The molecule has 0 aromatic rings. The molecule has 0 saturated heterocycles. The van der Waals surface area contributed by atoms with Gasteiger partial charge in [-0.25, -0.2) is 13.1 Å². The molecule has 1 aliphatic carbocycles. The number of rotatable bonds is 7. The average Bonchev–Trinajstić information content (AvgIpc) is 2.64. The molecule has 0 radical (unpaired) electrons. The Morgan fingerprint density at radius 3 is 2.75 bits per heavy atom. The van der Waals surface area contributed by atoms with Crippen LogP contribution in [0.2, 0.25) is 0 Å². The molecule has 0 aromatic heterocycles. The summed E-state index contributed by atoms with van der Waals surface area (Å²) in [5, 5.41) is 0. The van der Waals surface area contributed by atoms with Crippen LogP contribution in [0, 0.1) is 0 Å². The van der Waals surface area contributed by atoms with E-state index in [2.05, 4.69) is 4.72 Å². The van der Waals surface area contributed by atoms with E-state index in [1.165, 1.54) is 0 Å². The summed E-state index contributed by atoms with van der Waals surface area (Å²) < 4.78 is 31.4. The lowest BCUT2D eigenvalue weighted by Crippen LogP contribution is -2.41. The van der Waals surface area contributed by atoms with Crippen molar-refractivity contribution in [1.82, 2.24) is 4.72 Å². The summed E-state index contributed by atoms with van der Waals surface area (Å²) in [4.78, 5) is 0. The number of nitrogens with one attached hydrogen (secondary N) is 1. The van der Waals surface area contributed by atoms with E-state index in [0.29, 0.717) is 13.0 Å². The molecule has 5 nitrogen and oxygen atoms in total. The van der Waals surface area contributed by atoms with Crippen molar-refractivity contribution in [2.45, 2.75) is 44.2 Å². The van der Waals surface area contributed by atoms with Crippen molar-refractivity contribution in [2.24, 2.45) is 5.73 Å². The molecule has 3 N–H and O–H groups in total. The molecule has 2 unspecified atom stereocenters. The van der Waals surface area contributed by atoms with Crippen molar-refractivity contribution < 1.29 is 13.2 Å². The maximum Gasteiger partial charge on any atom is 0.211 e. The molecule has 96 valence electrons. The SMILES string of the molecule is COC1CCCC1NS(=O)(=O)CCCCN. The van der Waals surface area contributed by atoms with Gasteiger partial charge in [-0.2, -0.15) is 0 Å². The van der Waals surface area contributed by atoms with Crippen molar-refractivity contribution in [3.63, 3.8) is 0 Å². The Morgan fingerprint density at radius 2 is 2.12 bits per heavy atom. The molecule has 2 atom stereocenters. The zero-order valence-electron chi connectivity index (χ0n) is 9.81. The van der Waals surface area contributed by atoms with Gasteiger partial charge in [-0.1, -0.05) is 0 Å². The number of nitrogens with two attached hydrogens (primary N) is 1. The highest BCUT2D eigenvalue weighted by Gasteiger charge is 2.30. The van der Waals surface area contributed by atoms with Gasteiger partial charge in [-0.05, 0) is 38.6 Å². The van der Waals surface area contributed by atoms with E-state index < -0.39 is 10.0 Å². The third-order valence-corrected chi connectivity index (χ3v) is 4.44. The predicted octanol–water partition coefficient (Wildman–Crippen LogP) is 0.212. The Balaban J connectivity index is 2.39. The fourth-order valence-electron chi connectivity index (χ4n) is 2.07. The van der Waals surface area contributed by atoms with E-state index in [1.807, 2.05) is 0 Å². The van der Waals surface area contributed by atoms with Crippen LogP contribution in [0.1, 0.15) is 32.1 Å². The average molecular weight is 250 g/mol. The predicted molar refractivity (Wildman–Crippen MR) is 63.6 cm³/mol. The van der Waals surface area contributed by atoms with E-state index >= 15 is 0 Å². The number of methoxy groups -OCH3 is 1. The standard InChI is InChI=1S/C10H22N2O3S/c1-15-10-6-4-5-9(10)12-16(13,14)8-3-2-7-11/h9-10,12H,2-8,11H2,1H3. The van der Waals surface area contributed by atoms with Crippen molar-refractivity contribution in [2.75, 3.05) is 19.4 Å². The van der Waals surface area contributed by atoms with Crippen LogP contribution >= 0.6 is 0 Å². The number of hydrogen-bond acceptors (Lipinski definition) is 4. The van der Waals surface area contributed by atoms with Crippen molar-refractivity contribution in [3.05, 3.63) is 0 Å². The van der Waals surface area contributed by atoms with Crippen LogP contribution in [-0.4, -0.2) is 40.0 Å². The van der Waals surface area contributed by atoms with Gasteiger partial charge in [-0.3, -0.25) is 0 Å². The lowest BCUT2D eigenvalue weighted by Gasteiger charge is -2.19. The van der Waals surface area contributed by atoms with E-state index in [4.69, 9.17) is 10.5 Å². The highest BCUT2D eigenvalue weighted by atomic mass is 32.2. The van der Waals surface area contributed by atoms with Crippen LogP contribution in [0.4, 0.5) is 0 Å². The first-order valence-electron chi connectivity index (χ1n) is 5.82. The Hall–Kier alpha value is -0.170. The van der Waals surface area contributed by atoms with E-state index in [-0.39, 0.29) is 17.9 Å². The van der Waals surface area contributed by atoms with Gasteiger partial charge < -0.3 is 10.5 Å². The molecule has 1 saturated carbocycles. The number of unbranched alkanes of at least 4 members (excludes halogenated alkanes) is 1. The summed E-state index contributed by atoms with van der Waals surface area (Å²) in [6.45, 7) is 0.541. The molecule has 1 rings (SSSR count). The molecular weight excluding hydrogens is 228 g/mol. The summed E-state index contributed by atoms with van der Waals surface area (Å²) in [7, 11) is -1.54. The van der Waals surface area contributed by atoms with Gasteiger partial charge in [0.05, 0.1) is 11.9 Å². The molecule has 0 aromatic carbocycles. The van der Waals surface area contributed by atoms with Crippen molar-refractivity contribution in [3.8, 4) is 0 Å². The smallest absolute Gasteiger partial charge is 0.211 e. The number of hydrogen-bond donors (Lipinski definition) is 2. The Morgan fingerprint density at radius 1 is 1.38 bits per heavy atom. The van der Waals surface area contributed by atoms with E-state index in [1.54, 1.807) is 7.11 Å². The first-order valence-corrected chi connectivity index (χ1v) is 7.47. The van der Waals surface area contributed by atoms with Crippen LogP contribution in [-0.2, 0) is 14.8 Å². The first-order chi connectivity index (χ1) is 7.59. The third kappa shape index (κ3) is 4.37. The van der Waals surface area contributed by atoms with Crippen molar-refractivity contribution in [1.29, 1.82) is 0 Å². The maximum atomic E-state index is 11.7. The fraction of sp³-hybridized carbons (Fsp3) is 1.00. The van der Waals surface area contributed by atoms with Crippen LogP contribution < -0.4 is 10.5 Å². The van der Waals surface area contributed by atoms with Crippen LogP contribution in [0.15, 0.2) is 0 Å². The van der Waals surface area contributed by atoms with Gasteiger partial charge in [0, 0.05) is 13.2 Å². The second-order valence-electron chi connectivity index (χ2n) is 4.24. The lowest BCUT2D eigenvalue weighted by molar-refractivity contribution is 0.0916. The van der Waals surface area contributed by atoms with Crippen LogP contribution in [0.3, 0.4) is 0 Å². The Kier molecular flexibility index (Phi) is 5.68. The molecule has 0 heterocycles. The van der Waals surface area contributed by atoms with E-state index in [0.717, 1.165) is 25.7 Å². The highest BCUT2D eigenvalue weighted by molar-refractivity contribution is 7.89. The summed E-state index contributed by atoms with van der Waals surface area (Å²) in [6.07, 6.45) is 4.23. The lowest BCUT2D eigenvalue weighted by atomic mass is 10.2. The fourth-order valence-corrected chi connectivity index (χ4v) is 3.50. The summed E-state index contributed by atoms with van der Waals surface area (Å²) in [5.74, 6) is 0.164. The van der Waals surface area contributed by atoms with E-state index in [9.17, 15) is 8.42 Å². The van der Waals surface area contributed by atoms with Gasteiger partial charge in [0.25, 0.3) is 0 Å². The topological polar surface area (TPSA) is 81.4 Å². The Labute approximate surface area is 97.8 Å². The zero-order chi connectivity index (χ0) is 12.0. The quantitative estimate of drug-likeness (QED) is 0.633. The minimum absolute atomic E-state index is 0.0317. The molecule has 0 bridgehead atoms. The normalized spacial score (nSPS) is 26.1. The second-order valence-corrected chi connectivity index (χ2v) is 6.12. The van der Waals surface area contributed by atoms with Gasteiger partial charge in [-0.15, -0.1) is 0 Å². The zero-order valence-corrected chi connectivity index (χ0v) is 10.6. The minimum atomic E-state index is -3.17. The van der Waals surface area contributed by atoms with Gasteiger partial charge in [0.15, 0.2) is 0 Å². The molecule has 0 amide bonds. The number of sulfonamides is 1. The molecule has 1 fully saturated rings. The maximum absolute atomic E-state index is 11.7. The molecule has 0 spiro atoms. The molecule has 16 heavy (non-hydrogen) atoms.